The number of pyridine rings is 1. The summed E-state index contributed by atoms with van der Waals surface area (Å²) >= 11 is 0.559. The molecule has 1 N–H and O–H groups in total. The van der Waals surface area contributed by atoms with E-state index >= 15 is 0 Å². The molecule has 0 saturated heterocycles. The first-order valence-electron chi connectivity index (χ1n) is 7.41. The van der Waals surface area contributed by atoms with E-state index in [1.54, 1.807) is 30.3 Å². The van der Waals surface area contributed by atoms with Crippen LogP contribution in [-0.4, -0.2) is 27.2 Å². The number of amides is 1. The zero-order valence-electron chi connectivity index (χ0n) is 13.2. The van der Waals surface area contributed by atoms with Crippen molar-refractivity contribution in [2.75, 3.05) is 11.1 Å². The van der Waals surface area contributed by atoms with Gasteiger partial charge in [-0.25, -0.2) is 4.98 Å². The summed E-state index contributed by atoms with van der Waals surface area (Å²) in [5.74, 6) is -1.82. The number of nitrogens with zero attached hydrogens (tertiary/aromatic N) is 2. The zero-order valence-corrected chi connectivity index (χ0v) is 14.0. The first-order chi connectivity index (χ1) is 12.3. The van der Waals surface area contributed by atoms with Crippen LogP contribution in [0.4, 0.5) is 18.9 Å². The molecule has 0 radical (unpaired) electrons. The number of fused-ring (bicyclic) bond motifs is 1. The van der Waals surface area contributed by atoms with E-state index in [1.165, 1.54) is 22.7 Å². The smallest absolute Gasteiger partial charge is 0.321 e. The number of rotatable bonds is 4. The van der Waals surface area contributed by atoms with Crippen molar-refractivity contribution in [1.82, 2.24) is 9.38 Å². The Hall–Kier alpha value is -2.81. The highest BCUT2D eigenvalue weighted by Crippen LogP contribution is 2.32. The summed E-state index contributed by atoms with van der Waals surface area (Å²) in [6, 6.07) is 11.0. The number of halogens is 3. The molecule has 0 fully saturated rings. The van der Waals surface area contributed by atoms with E-state index in [9.17, 15) is 22.8 Å². The first-order valence-corrected chi connectivity index (χ1v) is 8.40. The number of benzene rings is 1. The number of carbonyl (C=O) groups is 1. The Labute approximate surface area is 149 Å². The fourth-order valence-electron chi connectivity index (χ4n) is 2.23. The van der Waals surface area contributed by atoms with Gasteiger partial charge in [0.15, 0.2) is 0 Å². The van der Waals surface area contributed by atoms with Crippen LogP contribution in [-0.2, 0) is 0 Å². The Morgan fingerprint density at radius 3 is 2.65 bits per heavy atom. The molecule has 0 bridgehead atoms. The van der Waals surface area contributed by atoms with Crippen LogP contribution in [0.5, 0.6) is 0 Å². The average Bonchev–Trinajstić information content (AvgIpc) is 2.61. The van der Waals surface area contributed by atoms with Crippen molar-refractivity contribution in [3.05, 3.63) is 70.8 Å². The molecule has 2 heterocycles. The van der Waals surface area contributed by atoms with Crippen LogP contribution in [0.25, 0.3) is 5.65 Å². The van der Waals surface area contributed by atoms with Gasteiger partial charge >= 0.3 is 6.18 Å². The molecule has 2 aromatic heterocycles. The van der Waals surface area contributed by atoms with Gasteiger partial charge in [-0.05, 0) is 24.3 Å². The van der Waals surface area contributed by atoms with Crippen molar-refractivity contribution in [2.24, 2.45) is 0 Å². The lowest BCUT2D eigenvalue weighted by atomic mass is 10.2. The third kappa shape index (κ3) is 4.05. The average molecular weight is 379 g/mol. The van der Waals surface area contributed by atoms with Gasteiger partial charge in [-0.2, -0.15) is 13.2 Å². The maximum atomic E-state index is 12.4. The van der Waals surface area contributed by atoms with Crippen LogP contribution in [0.3, 0.4) is 0 Å². The van der Waals surface area contributed by atoms with Crippen molar-refractivity contribution >= 4 is 29.0 Å². The molecule has 5 nitrogen and oxygen atoms in total. The largest absolute Gasteiger partial charge is 0.398 e. The lowest BCUT2D eigenvalue weighted by molar-refractivity contribution is -0.105. The minimum Gasteiger partial charge on any atom is -0.321 e. The van der Waals surface area contributed by atoms with Gasteiger partial charge in [-0.15, -0.1) is 11.8 Å². The number of hydrogen-bond acceptors (Lipinski definition) is 4. The van der Waals surface area contributed by atoms with E-state index < -0.39 is 23.4 Å². The quantitative estimate of drug-likeness (QED) is 0.704. The van der Waals surface area contributed by atoms with Crippen LogP contribution < -0.4 is 10.9 Å². The number of alkyl halides is 3. The van der Waals surface area contributed by atoms with Crippen molar-refractivity contribution in [3.63, 3.8) is 0 Å². The number of para-hydroxylation sites is 1. The molecule has 0 aliphatic rings. The van der Waals surface area contributed by atoms with Crippen LogP contribution >= 0.6 is 11.8 Å². The summed E-state index contributed by atoms with van der Waals surface area (Å²) in [5.41, 5.74) is -0.183. The molecule has 3 aromatic rings. The summed E-state index contributed by atoms with van der Waals surface area (Å²) in [4.78, 5) is 29.1. The van der Waals surface area contributed by atoms with Crippen molar-refractivity contribution in [2.45, 2.75) is 11.1 Å². The maximum absolute atomic E-state index is 12.4. The molecule has 0 unspecified atom stereocenters. The summed E-state index contributed by atoms with van der Waals surface area (Å²) in [7, 11) is 0. The van der Waals surface area contributed by atoms with Gasteiger partial charge in [0.05, 0.1) is 11.4 Å². The second kappa shape index (κ2) is 7.20. The topological polar surface area (TPSA) is 63.5 Å². The first kappa shape index (κ1) is 18.0. The van der Waals surface area contributed by atoms with Gasteiger partial charge in [0.25, 0.3) is 11.5 Å². The highest BCUT2D eigenvalue weighted by molar-refractivity contribution is 7.99. The van der Waals surface area contributed by atoms with Crippen molar-refractivity contribution in [3.8, 4) is 0 Å². The molecule has 1 aromatic carbocycles. The van der Waals surface area contributed by atoms with Crippen molar-refractivity contribution < 1.29 is 18.0 Å². The highest BCUT2D eigenvalue weighted by Gasteiger charge is 2.27. The Balaban J connectivity index is 1.87. The molecule has 1 amide bonds. The molecule has 134 valence electrons. The molecular formula is C17H12F3N3O2S. The predicted octanol–water partition coefficient (Wildman–Crippen LogP) is 3.60. The zero-order chi connectivity index (χ0) is 18.7. The second-order valence-corrected chi connectivity index (χ2v) is 6.28. The summed E-state index contributed by atoms with van der Waals surface area (Å²) in [5, 5.41) is 2.49. The molecule has 0 aliphatic heterocycles. The van der Waals surface area contributed by atoms with Gasteiger partial charge in [0.2, 0.25) is 0 Å². The molecular weight excluding hydrogens is 367 g/mol. The van der Waals surface area contributed by atoms with E-state index in [4.69, 9.17) is 0 Å². The summed E-state index contributed by atoms with van der Waals surface area (Å²) in [6.07, 6.45) is -1.70. The molecule has 0 spiro atoms. The SMILES string of the molecule is O=C(Nc1ccccc1SCC(F)(F)F)c1cnc2ccccn2c1=O. The predicted molar refractivity (Wildman–Crippen MR) is 92.6 cm³/mol. The van der Waals surface area contributed by atoms with Gasteiger partial charge < -0.3 is 5.32 Å². The van der Waals surface area contributed by atoms with Crippen LogP contribution in [0, 0.1) is 0 Å². The molecule has 0 saturated carbocycles. The Morgan fingerprint density at radius 2 is 1.88 bits per heavy atom. The van der Waals surface area contributed by atoms with E-state index in [0.717, 1.165) is 6.20 Å². The molecule has 3 rings (SSSR count). The van der Waals surface area contributed by atoms with Gasteiger partial charge in [0.1, 0.15) is 11.2 Å². The summed E-state index contributed by atoms with van der Waals surface area (Å²) in [6.45, 7) is 0. The Kier molecular flexibility index (Phi) is 4.99. The van der Waals surface area contributed by atoms with Gasteiger partial charge in [0, 0.05) is 17.3 Å². The highest BCUT2D eigenvalue weighted by atomic mass is 32.2. The maximum Gasteiger partial charge on any atom is 0.398 e. The third-order valence-electron chi connectivity index (χ3n) is 3.38. The minimum absolute atomic E-state index is 0.198. The molecule has 9 heteroatoms. The van der Waals surface area contributed by atoms with Gasteiger partial charge in [-0.3, -0.25) is 14.0 Å². The fourth-order valence-corrected chi connectivity index (χ4v) is 3.00. The molecule has 0 aliphatic carbocycles. The van der Waals surface area contributed by atoms with Gasteiger partial charge in [-0.1, -0.05) is 18.2 Å². The van der Waals surface area contributed by atoms with E-state index in [-0.39, 0.29) is 16.1 Å². The standard InChI is InChI=1S/C17H12F3N3O2S/c18-17(19,20)10-26-13-6-2-1-5-12(13)22-15(24)11-9-21-14-7-3-4-8-23(14)16(11)25/h1-9H,10H2,(H,22,24). The molecule has 26 heavy (non-hydrogen) atoms. The van der Waals surface area contributed by atoms with Crippen molar-refractivity contribution in [1.29, 1.82) is 0 Å². The van der Waals surface area contributed by atoms with Crippen LogP contribution in [0.15, 0.2) is 64.5 Å². The minimum atomic E-state index is -4.33. The van der Waals surface area contributed by atoms with E-state index in [0.29, 0.717) is 17.4 Å². The summed E-state index contributed by atoms with van der Waals surface area (Å²) < 4.78 is 38.5. The Morgan fingerprint density at radius 1 is 1.15 bits per heavy atom. The number of nitrogens with one attached hydrogen (secondary N) is 1. The second-order valence-electron chi connectivity index (χ2n) is 5.26. The Bertz CT molecular complexity index is 1020. The number of hydrogen-bond donors (Lipinski definition) is 1. The lowest BCUT2D eigenvalue weighted by Crippen LogP contribution is -2.26. The monoisotopic (exact) mass is 379 g/mol. The van der Waals surface area contributed by atoms with Crippen LogP contribution in [0.1, 0.15) is 10.4 Å². The third-order valence-corrected chi connectivity index (χ3v) is 4.52. The van der Waals surface area contributed by atoms with E-state index in [1.807, 2.05) is 0 Å². The normalized spacial score (nSPS) is 11.5. The number of anilines is 1. The van der Waals surface area contributed by atoms with E-state index in [2.05, 4.69) is 10.3 Å². The van der Waals surface area contributed by atoms with Crippen LogP contribution in [0.2, 0.25) is 0 Å². The molecule has 0 atom stereocenters. The number of carbonyl (C=O) groups excluding carboxylic acids is 1. The lowest BCUT2D eigenvalue weighted by Gasteiger charge is -2.12. The fraction of sp³-hybridized carbons (Fsp3) is 0.118. The number of thioether (sulfide) groups is 1. The number of aromatic nitrogens is 2.